The van der Waals surface area contributed by atoms with E-state index in [0.717, 1.165) is 31.6 Å². The van der Waals surface area contributed by atoms with E-state index in [9.17, 15) is 8.42 Å². The highest BCUT2D eigenvalue weighted by Gasteiger charge is 2.19. The standard InChI is InChI=1S/C11H16N2O2S/c12-16(14,15)11-7-3-2-6-10(11)13-8-4-1-5-9-13/h2-3,6-7H,1,4-5,8-9H2,(H2,12,14,15). The highest BCUT2D eigenvalue weighted by molar-refractivity contribution is 7.89. The van der Waals surface area contributed by atoms with Gasteiger partial charge in [0.05, 0.1) is 5.69 Å². The van der Waals surface area contributed by atoms with Crippen LogP contribution in [0.25, 0.3) is 0 Å². The van der Waals surface area contributed by atoms with Gasteiger partial charge in [0.1, 0.15) is 4.90 Å². The third kappa shape index (κ3) is 2.36. The molecule has 1 aliphatic rings. The van der Waals surface area contributed by atoms with Crippen molar-refractivity contribution in [2.75, 3.05) is 18.0 Å². The molecule has 16 heavy (non-hydrogen) atoms. The third-order valence-electron chi connectivity index (χ3n) is 2.87. The van der Waals surface area contributed by atoms with E-state index in [0.29, 0.717) is 0 Å². The van der Waals surface area contributed by atoms with Gasteiger partial charge in [-0.3, -0.25) is 0 Å². The fourth-order valence-corrected chi connectivity index (χ4v) is 2.85. The third-order valence-corrected chi connectivity index (χ3v) is 3.83. The Morgan fingerprint density at radius 3 is 2.31 bits per heavy atom. The molecule has 1 saturated heterocycles. The summed E-state index contributed by atoms with van der Waals surface area (Å²) < 4.78 is 22.9. The Kier molecular flexibility index (Phi) is 3.16. The fourth-order valence-electron chi connectivity index (χ4n) is 2.09. The minimum atomic E-state index is -3.62. The van der Waals surface area contributed by atoms with Gasteiger partial charge in [0.2, 0.25) is 10.0 Å². The highest BCUT2D eigenvalue weighted by atomic mass is 32.2. The average Bonchev–Trinajstić information content (AvgIpc) is 2.29. The van der Waals surface area contributed by atoms with E-state index in [1.165, 1.54) is 6.42 Å². The zero-order chi connectivity index (χ0) is 11.6. The van der Waals surface area contributed by atoms with Gasteiger partial charge in [0.25, 0.3) is 0 Å². The number of nitrogens with two attached hydrogens (primary N) is 1. The summed E-state index contributed by atoms with van der Waals surface area (Å²) in [5, 5.41) is 5.21. The van der Waals surface area contributed by atoms with Crippen molar-refractivity contribution in [2.24, 2.45) is 5.14 Å². The van der Waals surface area contributed by atoms with Gasteiger partial charge in [-0.05, 0) is 31.4 Å². The lowest BCUT2D eigenvalue weighted by Crippen LogP contribution is -2.31. The number of nitrogens with zero attached hydrogens (tertiary/aromatic N) is 1. The molecule has 2 rings (SSSR count). The van der Waals surface area contributed by atoms with E-state index in [2.05, 4.69) is 4.90 Å². The van der Waals surface area contributed by atoms with Crippen molar-refractivity contribution >= 4 is 15.7 Å². The fraction of sp³-hybridized carbons (Fsp3) is 0.455. The number of hydrogen-bond donors (Lipinski definition) is 1. The van der Waals surface area contributed by atoms with Gasteiger partial charge in [-0.15, -0.1) is 0 Å². The molecule has 0 spiro atoms. The number of benzene rings is 1. The number of piperidine rings is 1. The number of anilines is 1. The van der Waals surface area contributed by atoms with E-state index in [1.807, 2.05) is 12.1 Å². The van der Waals surface area contributed by atoms with Gasteiger partial charge in [-0.2, -0.15) is 0 Å². The topological polar surface area (TPSA) is 63.4 Å². The maximum absolute atomic E-state index is 11.4. The van der Waals surface area contributed by atoms with Crippen LogP contribution in [0.2, 0.25) is 0 Å². The van der Waals surface area contributed by atoms with Gasteiger partial charge >= 0.3 is 0 Å². The molecule has 88 valence electrons. The summed E-state index contributed by atoms with van der Waals surface area (Å²) in [6, 6.07) is 6.94. The summed E-state index contributed by atoms with van der Waals surface area (Å²) in [5.74, 6) is 0. The lowest BCUT2D eigenvalue weighted by molar-refractivity contribution is 0.571. The summed E-state index contributed by atoms with van der Waals surface area (Å²) in [6.45, 7) is 1.82. The predicted molar refractivity (Wildman–Crippen MR) is 63.9 cm³/mol. The highest BCUT2D eigenvalue weighted by Crippen LogP contribution is 2.26. The second-order valence-electron chi connectivity index (χ2n) is 4.06. The SMILES string of the molecule is NS(=O)(=O)c1ccccc1N1CCCCC1. The minimum absolute atomic E-state index is 0.233. The molecule has 0 unspecified atom stereocenters. The van der Waals surface area contributed by atoms with Crippen LogP contribution in [0.15, 0.2) is 29.2 Å². The van der Waals surface area contributed by atoms with Crippen molar-refractivity contribution in [3.63, 3.8) is 0 Å². The molecular formula is C11H16N2O2S. The molecule has 0 aromatic heterocycles. The molecule has 1 heterocycles. The first kappa shape index (κ1) is 11.4. The number of hydrogen-bond acceptors (Lipinski definition) is 3. The van der Waals surface area contributed by atoms with Crippen LogP contribution in [0.5, 0.6) is 0 Å². The summed E-state index contributed by atoms with van der Waals surface area (Å²) in [7, 11) is -3.62. The Morgan fingerprint density at radius 1 is 1.06 bits per heavy atom. The van der Waals surface area contributed by atoms with Gasteiger partial charge < -0.3 is 4.90 Å². The normalized spacial score (nSPS) is 17.4. The minimum Gasteiger partial charge on any atom is -0.370 e. The average molecular weight is 240 g/mol. The van der Waals surface area contributed by atoms with E-state index >= 15 is 0 Å². The van der Waals surface area contributed by atoms with E-state index in [1.54, 1.807) is 12.1 Å². The summed E-state index contributed by atoms with van der Waals surface area (Å²) >= 11 is 0. The van der Waals surface area contributed by atoms with E-state index < -0.39 is 10.0 Å². The first-order valence-electron chi connectivity index (χ1n) is 5.46. The lowest BCUT2D eigenvalue weighted by atomic mass is 10.1. The summed E-state index contributed by atoms with van der Waals surface area (Å²) in [6.07, 6.45) is 3.44. The molecule has 2 N–H and O–H groups in total. The van der Waals surface area contributed by atoms with E-state index in [4.69, 9.17) is 5.14 Å². The van der Waals surface area contributed by atoms with Crippen molar-refractivity contribution in [3.05, 3.63) is 24.3 Å². The lowest BCUT2D eigenvalue weighted by Gasteiger charge is -2.30. The molecule has 5 heteroatoms. The Hall–Kier alpha value is -1.07. The predicted octanol–water partition coefficient (Wildman–Crippen LogP) is 1.32. The van der Waals surface area contributed by atoms with Crippen LogP contribution in [0.3, 0.4) is 0 Å². The summed E-state index contributed by atoms with van der Waals surface area (Å²) in [4.78, 5) is 2.33. The van der Waals surface area contributed by atoms with Crippen LogP contribution in [0, 0.1) is 0 Å². The van der Waals surface area contributed by atoms with Crippen molar-refractivity contribution in [1.82, 2.24) is 0 Å². The molecule has 4 nitrogen and oxygen atoms in total. The molecular weight excluding hydrogens is 224 g/mol. The molecule has 1 aliphatic heterocycles. The van der Waals surface area contributed by atoms with Crippen molar-refractivity contribution in [2.45, 2.75) is 24.2 Å². The molecule has 0 atom stereocenters. The van der Waals surface area contributed by atoms with Crippen LogP contribution in [0.1, 0.15) is 19.3 Å². The second-order valence-corrected chi connectivity index (χ2v) is 5.59. The number of sulfonamides is 1. The molecule has 0 aliphatic carbocycles. The van der Waals surface area contributed by atoms with Gasteiger partial charge in [-0.25, -0.2) is 13.6 Å². The molecule has 1 fully saturated rings. The van der Waals surface area contributed by atoms with Crippen LogP contribution in [0.4, 0.5) is 5.69 Å². The van der Waals surface area contributed by atoms with Crippen molar-refractivity contribution in [1.29, 1.82) is 0 Å². The zero-order valence-corrected chi connectivity index (χ0v) is 9.91. The van der Waals surface area contributed by atoms with Gasteiger partial charge in [0.15, 0.2) is 0 Å². The monoisotopic (exact) mass is 240 g/mol. The number of rotatable bonds is 2. The van der Waals surface area contributed by atoms with Gasteiger partial charge in [-0.1, -0.05) is 12.1 Å². The molecule has 0 saturated carbocycles. The quantitative estimate of drug-likeness (QED) is 0.848. The smallest absolute Gasteiger partial charge is 0.240 e. The Morgan fingerprint density at radius 2 is 1.69 bits per heavy atom. The van der Waals surface area contributed by atoms with Crippen LogP contribution in [-0.4, -0.2) is 21.5 Å². The summed E-state index contributed by atoms with van der Waals surface area (Å²) in [5.41, 5.74) is 0.740. The second kappa shape index (κ2) is 4.43. The Labute approximate surface area is 96.1 Å². The maximum atomic E-state index is 11.4. The Balaban J connectivity index is 2.40. The Bertz CT molecular complexity index is 465. The molecule has 0 radical (unpaired) electrons. The van der Waals surface area contributed by atoms with Crippen LogP contribution >= 0.6 is 0 Å². The van der Waals surface area contributed by atoms with Gasteiger partial charge in [0, 0.05) is 13.1 Å². The molecule has 1 aromatic rings. The first-order valence-corrected chi connectivity index (χ1v) is 7.00. The van der Waals surface area contributed by atoms with Crippen molar-refractivity contribution in [3.8, 4) is 0 Å². The van der Waals surface area contributed by atoms with Crippen LogP contribution in [-0.2, 0) is 10.0 Å². The molecule has 0 amide bonds. The number of para-hydroxylation sites is 1. The zero-order valence-electron chi connectivity index (χ0n) is 9.09. The molecule has 0 bridgehead atoms. The maximum Gasteiger partial charge on any atom is 0.240 e. The molecule has 1 aromatic carbocycles. The first-order chi connectivity index (χ1) is 7.59. The largest absolute Gasteiger partial charge is 0.370 e. The number of primary sulfonamides is 1. The van der Waals surface area contributed by atoms with Crippen LogP contribution < -0.4 is 10.0 Å². The van der Waals surface area contributed by atoms with E-state index in [-0.39, 0.29) is 4.90 Å². The van der Waals surface area contributed by atoms with Crippen molar-refractivity contribution < 1.29 is 8.42 Å².